The average molecular weight is 380 g/mol. The van der Waals surface area contributed by atoms with Gasteiger partial charge in [-0.3, -0.25) is 4.79 Å². The zero-order valence-electron chi connectivity index (χ0n) is 10.6. The summed E-state index contributed by atoms with van der Waals surface area (Å²) in [6, 6.07) is 5.61. The van der Waals surface area contributed by atoms with E-state index in [2.05, 4.69) is 31.9 Å². The molecule has 1 aromatic rings. The van der Waals surface area contributed by atoms with Crippen LogP contribution in [0.1, 0.15) is 27.2 Å². The molecule has 0 fully saturated rings. The predicted molar refractivity (Wildman–Crippen MR) is 77.8 cm³/mol. The van der Waals surface area contributed by atoms with Crippen LogP contribution in [0.4, 0.5) is 0 Å². The Kier molecular flexibility index (Phi) is 5.66. The molecule has 0 saturated carbocycles. The summed E-state index contributed by atoms with van der Waals surface area (Å²) in [4.78, 5) is 11.5. The summed E-state index contributed by atoms with van der Waals surface area (Å²) in [6.07, 6.45) is 0.236. The number of carbonyl (C=O) groups is 1. The minimum atomic E-state index is -0.449. The van der Waals surface area contributed by atoms with E-state index in [1.165, 1.54) is 0 Å². The molecule has 1 aromatic carbocycles. The average Bonchev–Trinajstić information content (AvgIpc) is 2.18. The molecule has 5 heteroatoms. The second-order valence-corrected chi connectivity index (χ2v) is 6.53. The summed E-state index contributed by atoms with van der Waals surface area (Å²) >= 11 is 6.75. The summed E-state index contributed by atoms with van der Waals surface area (Å²) in [5.41, 5.74) is -0.449. The number of hydrogen-bond acceptors (Lipinski definition) is 3. The highest BCUT2D eigenvalue weighted by Gasteiger charge is 2.16. The molecule has 100 valence electrons. The van der Waals surface area contributed by atoms with Gasteiger partial charge in [-0.15, -0.1) is 0 Å². The highest BCUT2D eigenvalue weighted by Crippen LogP contribution is 2.28. The van der Waals surface area contributed by atoms with Crippen molar-refractivity contribution in [3.05, 3.63) is 27.1 Å². The molecule has 0 amide bonds. The van der Waals surface area contributed by atoms with Gasteiger partial charge in [0.25, 0.3) is 0 Å². The Labute approximate surface area is 124 Å². The summed E-state index contributed by atoms with van der Waals surface area (Å²) in [7, 11) is 0. The van der Waals surface area contributed by atoms with Crippen LogP contribution in [-0.2, 0) is 9.53 Å². The Morgan fingerprint density at radius 2 is 1.94 bits per heavy atom. The van der Waals surface area contributed by atoms with Crippen molar-refractivity contribution in [2.45, 2.75) is 32.8 Å². The Morgan fingerprint density at radius 3 is 2.50 bits per heavy atom. The molecule has 0 spiro atoms. The van der Waals surface area contributed by atoms with E-state index in [4.69, 9.17) is 9.47 Å². The van der Waals surface area contributed by atoms with Crippen molar-refractivity contribution < 1.29 is 14.3 Å². The summed E-state index contributed by atoms with van der Waals surface area (Å²) < 4.78 is 12.5. The van der Waals surface area contributed by atoms with Gasteiger partial charge in [-0.25, -0.2) is 0 Å². The van der Waals surface area contributed by atoms with Crippen LogP contribution in [-0.4, -0.2) is 18.2 Å². The third kappa shape index (κ3) is 5.87. The lowest BCUT2D eigenvalue weighted by molar-refractivity contribution is -0.155. The molecule has 0 heterocycles. The molecule has 3 nitrogen and oxygen atoms in total. The van der Waals surface area contributed by atoms with Crippen LogP contribution in [0.5, 0.6) is 5.75 Å². The predicted octanol–water partition coefficient (Wildman–Crippen LogP) is 4.32. The number of esters is 1. The molecule has 0 unspecified atom stereocenters. The Hall–Kier alpha value is -0.550. The molecule has 1 rings (SSSR count). The maximum atomic E-state index is 11.5. The SMILES string of the molecule is CC(C)(C)OC(=O)CCOc1ccc(Br)cc1Br. The lowest BCUT2D eigenvalue weighted by Gasteiger charge is -2.19. The zero-order chi connectivity index (χ0) is 13.8. The van der Waals surface area contributed by atoms with Crippen molar-refractivity contribution in [2.24, 2.45) is 0 Å². The van der Waals surface area contributed by atoms with Gasteiger partial charge in [-0.05, 0) is 54.9 Å². The first-order valence-electron chi connectivity index (χ1n) is 5.57. The topological polar surface area (TPSA) is 35.5 Å². The number of carbonyl (C=O) groups excluding carboxylic acids is 1. The van der Waals surface area contributed by atoms with E-state index in [1.807, 2.05) is 39.0 Å². The zero-order valence-corrected chi connectivity index (χ0v) is 13.8. The van der Waals surface area contributed by atoms with Gasteiger partial charge in [-0.2, -0.15) is 0 Å². The van der Waals surface area contributed by atoms with E-state index < -0.39 is 5.60 Å². The standard InChI is InChI=1S/C13H16Br2O3/c1-13(2,3)18-12(16)6-7-17-11-5-4-9(14)8-10(11)15/h4-5,8H,6-7H2,1-3H3. The smallest absolute Gasteiger partial charge is 0.309 e. The lowest BCUT2D eigenvalue weighted by atomic mass is 10.2. The molecule has 0 aromatic heterocycles. The van der Waals surface area contributed by atoms with Gasteiger partial charge in [0, 0.05) is 4.47 Å². The van der Waals surface area contributed by atoms with Gasteiger partial charge in [0.1, 0.15) is 11.4 Å². The second kappa shape index (κ2) is 6.57. The van der Waals surface area contributed by atoms with Crippen molar-refractivity contribution in [3.8, 4) is 5.75 Å². The largest absolute Gasteiger partial charge is 0.492 e. The van der Waals surface area contributed by atoms with Crippen LogP contribution in [0.3, 0.4) is 0 Å². The third-order valence-corrected chi connectivity index (χ3v) is 2.99. The van der Waals surface area contributed by atoms with Crippen LogP contribution in [0, 0.1) is 0 Å². The minimum absolute atomic E-state index is 0.236. The van der Waals surface area contributed by atoms with Gasteiger partial charge >= 0.3 is 5.97 Å². The van der Waals surface area contributed by atoms with Crippen LogP contribution < -0.4 is 4.74 Å². The van der Waals surface area contributed by atoms with Crippen molar-refractivity contribution in [3.63, 3.8) is 0 Å². The second-order valence-electron chi connectivity index (χ2n) is 4.76. The Morgan fingerprint density at radius 1 is 1.28 bits per heavy atom. The fraction of sp³-hybridized carbons (Fsp3) is 0.462. The monoisotopic (exact) mass is 378 g/mol. The molecule has 0 aliphatic heterocycles. The van der Waals surface area contributed by atoms with Crippen LogP contribution in [0.2, 0.25) is 0 Å². The first-order valence-corrected chi connectivity index (χ1v) is 7.16. The number of ether oxygens (including phenoxy) is 2. The highest BCUT2D eigenvalue weighted by atomic mass is 79.9. The first kappa shape index (κ1) is 15.5. The van der Waals surface area contributed by atoms with Crippen molar-refractivity contribution in [1.82, 2.24) is 0 Å². The number of halogens is 2. The normalized spacial score (nSPS) is 11.2. The Balaban J connectivity index is 2.40. The van der Waals surface area contributed by atoms with Gasteiger partial charge in [-0.1, -0.05) is 15.9 Å². The molecule has 18 heavy (non-hydrogen) atoms. The molecule has 0 radical (unpaired) electrons. The van der Waals surface area contributed by atoms with Crippen LogP contribution in [0.15, 0.2) is 27.1 Å². The maximum Gasteiger partial charge on any atom is 0.309 e. The molecular formula is C13H16Br2O3. The number of rotatable bonds is 4. The summed E-state index contributed by atoms with van der Waals surface area (Å²) in [6.45, 7) is 5.83. The van der Waals surface area contributed by atoms with E-state index in [9.17, 15) is 4.79 Å². The van der Waals surface area contributed by atoms with E-state index in [0.29, 0.717) is 12.4 Å². The molecular weight excluding hydrogens is 364 g/mol. The van der Waals surface area contributed by atoms with Crippen molar-refractivity contribution in [1.29, 1.82) is 0 Å². The van der Waals surface area contributed by atoms with Gasteiger partial charge in [0.05, 0.1) is 17.5 Å². The number of hydrogen-bond donors (Lipinski definition) is 0. The quantitative estimate of drug-likeness (QED) is 0.730. The summed E-state index contributed by atoms with van der Waals surface area (Å²) in [5, 5.41) is 0. The molecule has 0 bridgehead atoms. The fourth-order valence-corrected chi connectivity index (χ4v) is 2.39. The Bertz CT molecular complexity index is 425. The number of benzene rings is 1. The summed E-state index contributed by atoms with van der Waals surface area (Å²) in [5.74, 6) is 0.456. The third-order valence-electron chi connectivity index (χ3n) is 1.88. The molecule has 0 atom stereocenters. The molecule has 0 saturated heterocycles. The lowest BCUT2D eigenvalue weighted by Crippen LogP contribution is -2.24. The molecule has 0 N–H and O–H groups in total. The van der Waals surface area contributed by atoms with Gasteiger partial charge < -0.3 is 9.47 Å². The van der Waals surface area contributed by atoms with Crippen molar-refractivity contribution >= 4 is 37.8 Å². The minimum Gasteiger partial charge on any atom is -0.492 e. The van der Waals surface area contributed by atoms with E-state index >= 15 is 0 Å². The first-order chi connectivity index (χ1) is 8.28. The van der Waals surface area contributed by atoms with E-state index in [1.54, 1.807) is 0 Å². The van der Waals surface area contributed by atoms with Crippen LogP contribution in [0.25, 0.3) is 0 Å². The van der Waals surface area contributed by atoms with E-state index in [-0.39, 0.29) is 12.4 Å². The molecule has 0 aliphatic rings. The fourth-order valence-electron chi connectivity index (χ4n) is 1.23. The van der Waals surface area contributed by atoms with Gasteiger partial charge in [0.2, 0.25) is 0 Å². The maximum absolute atomic E-state index is 11.5. The van der Waals surface area contributed by atoms with E-state index in [0.717, 1.165) is 8.95 Å². The van der Waals surface area contributed by atoms with Gasteiger partial charge in [0.15, 0.2) is 0 Å². The molecule has 0 aliphatic carbocycles. The van der Waals surface area contributed by atoms with Crippen molar-refractivity contribution in [2.75, 3.05) is 6.61 Å². The highest BCUT2D eigenvalue weighted by molar-refractivity contribution is 9.11. The van der Waals surface area contributed by atoms with Crippen LogP contribution >= 0.6 is 31.9 Å².